The van der Waals surface area contributed by atoms with Gasteiger partial charge in [-0.3, -0.25) is 0 Å². The minimum Gasteiger partial charge on any atom is -0.384 e. The van der Waals surface area contributed by atoms with Crippen LogP contribution in [0.4, 0.5) is 0 Å². The summed E-state index contributed by atoms with van der Waals surface area (Å²) in [6, 6.07) is 0. The summed E-state index contributed by atoms with van der Waals surface area (Å²) in [5.74, 6) is 2.04. The van der Waals surface area contributed by atoms with Crippen LogP contribution >= 0.6 is 0 Å². The van der Waals surface area contributed by atoms with E-state index in [4.69, 9.17) is 4.74 Å². The summed E-state index contributed by atoms with van der Waals surface area (Å²) in [7, 11) is 1.86. The van der Waals surface area contributed by atoms with Crippen molar-refractivity contribution in [3.8, 4) is 0 Å². The molecule has 3 aliphatic rings. The van der Waals surface area contributed by atoms with Crippen LogP contribution in [0.2, 0.25) is 0 Å². The van der Waals surface area contributed by atoms with E-state index in [0.717, 1.165) is 18.4 Å². The Bertz CT molecular complexity index is 258. The van der Waals surface area contributed by atoms with Crippen LogP contribution in [0.1, 0.15) is 32.1 Å². The maximum atomic E-state index is 5.53. The van der Waals surface area contributed by atoms with Crippen LogP contribution in [0.25, 0.3) is 0 Å². The van der Waals surface area contributed by atoms with Crippen molar-refractivity contribution >= 4 is 0 Å². The van der Waals surface area contributed by atoms with Crippen LogP contribution in [0.3, 0.4) is 0 Å². The number of hydrogen-bond donors (Lipinski definition) is 1. The maximum absolute atomic E-state index is 5.53. The third kappa shape index (κ3) is 2.59. The van der Waals surface area contributed by atoms with Gasteiger partial charge in [-0.15, -0.1) is 0 Å². The third-order valence-electron chi connectivity index (χ3n) is 5.48. The van der Waals surface area contributed by atoms with Crippen LogP contribution in [-0.4, -0.2) is 51.3 Å². The van der Waals surface area contributed by atoms with Crippen molar-refractivity contribution in [1.82, 2.24) is 10.2 Å². The molecule has 0 aromatic heterocycles. The molecule has 0 spiro atoms. The Labute approximate surface area is 111 Å². The number of rotatable bonds is 4. The summed E-state index contributed by atoms with van der Waals surface area (Å²) in [5.41, 5.74) is 0.429. The van der Waals surface area contributed by atoms with Crippen LogP contribution in [0, 0.1) is 17.3 Å². The van der Waals surface area contributed by atoms with Crippen LogP contribution < -0.4 is 5.32 Å². The third-order valence-corrected chi connectivity index (χ3v) is 5.48. The van der Waals surface area contributed by atoms with Crippen molar-refractivity contribution in [2.45, 2.75) is 32.1 Å². The Morgan fingerprint density at radius 1 is 1.17 bits per heavy atom. The van der Waals surface area contributed by atoms with Crippen molar-refractivity contribution in [2.75, 3.05) is 46.4 Å². The average Bonchev–Trinajstić information content (AvgIpc) is 2.91. The zero-order valence-electron chi connectivity index (χ0n) is 11.8. The summed E-state index contributed by atoms with van der Waals surface area (Å²) in [4.78, 5) is 2.75. The molecule has 0 aromatic rings. The molecule has 3 heteroatoms. The molecule has 2 heterocycles. The summed E-state index contributed by atoms with van der Waals surface area (Å²) in [6.07, 6.45) is 7.02. The number of methoxy groups -OCH3 is 1. The number of hydrogen-bond acceptors (Lipinski definition) is 3. The molecule has 1 N–H and O–H groups in total. The van der Waals surface area contributed by atoms with Gasteiger partial charge in [0.2, 0.25) is 0 Å². The average molecular weight is 252 g/mol. The lowest BCUT2D eigenvalue weighted by molar-refractivity contribution is 0.0262. The second kappa shape index (κ2) is 5.48. The van der Waals surface area contributed by atoms with E-state index in [1.54, 1.807) is 0 Å². The Morgan fingerprint density at radius 2 is 1.83 bits per heavy atom. The first kappa shape index (κ1) is 12.9. The van der Waals surface area contributed by atoms with Gasteiger partial charge < -0.3 is 15.0 Å². The molecule has 1 aliphatic carbocycles. The van der Waals surface area contributed by atoms with Gasteiger partial charge in [-0.05, 0) is 50.6 Å². The summed E-state index contributed by atoms with van der Waals surface area (Å²) in [6.45, 7) is 7.29. The van der Waals surface area contributed by atoms with E-state index in [-0.39, 0.29) is 0 Å². The first-order valence-electron chi connectivity index (χ1n) is 7.73. The largest absolute Gasteiger partial charge is 0.384 e. The standard InChI is InChI=1S/C15H28N2O/c1-18-12-15(5-7-16-8-6-15)11-17-9-13-3-2-4-14(13)10-17/h13-14,16H,2-12H2,1H3. The molecule has 3 fully saturated rings. The molecule has 3 rings (SSSR count). The zero-order chi connectivity index (χ0) is 12.4. The second-order valence-corrected chi connectivity index (χ2v) is 6.83. The highest BCUT2D eigenvalue weighted by molar-refractivity contribution is 4.93. The van der Waals surface area contributed by atoms with Gasteiger partial charge >= 0.3 is 0 Å². The van der Waals surface area contributed by atoms with Gasteiger partial charge in [0.05, 0.1) is 6.61 Å². The molecule has 0 bridgehead atoms. The quantitative estimate of drug-likeness (QED) is 0.825. The van der Waals surface area contributed by atoms with Crippen molar-refractivity contribution in [1.29, 1.82) is 0 Å². The van der Waals surface area contributed by atoms with Crippen molar-refractivity contribution in [3.05, 3.63) is 0 Å². The normalized spacial score (nSPS) is 35.8. The zero-order valence-corrected chi connectivity index (χ0v) is 11.8. The van der Waals surface area contributed by atoms with Crippen molar-refractivity contribution < 1.29 is 4.74 Å². The molecule has 2 unspecified atom stereocenters. The fraction of sp³-hybridized carbons (Fsp3) is 1.00. The number of fused-ring (bicyclic) bond motifs is 1. The molecule has 2 aliphatic heterocycles. The highest BCUT2D eigenvalue weighted by atomic mass is 16.5. The number of ether oxygens (including phenoxy) is 1. The van der Waals surface area contributed by atoms with E-state index < -0.39 is 0 Å². The summed E-state index contributed by atoms with van der Waals surface area (Å²) >= 11 is 0. The fourth-order valence-corrected chi connectivity index (χ4v) is 4.55. The predicted octanol–water partition coefficient (Wildman–Crippen LogP) is 1.73. The highest BCUT2D eigenvalue weighted by Gasteiger charge is 2.40. The lowest BCUT2D eigenvalue weighted by Gasteiger charge is -2.40. The first-order chi connectivity index (χ1) is 8.81. The smallest absolute Gasteiger partial charge is 0.0531 e. The van der Waals surface area contributed by atoms with Crippen molar-refractivity contribution in [2.24, 2.45) is 17.3 Å². The maximum Gasteiger partial charge on any atom is 0.0531 e. The second-order valence-electron chi connectivity index (χ2n) is 6.83. The molecular weight excluding hydrogens is 224 g/mol. The molecule has 18 heavy (non-hydrogen) atoms. The van der Waals surface area contributed by atoms with Gasteiger partial charge in [0.25, 0.3) is 0 Å². The number of nitrogens with one attached hydrogen (secondary N) is 1. The Kier molecular flexibility index (Phi) is 3.92. The van der Waals surface area contributed by atoms with Crippen LogP contribution in [-0.2, 0) is 4.74 Å². The summed E-state index contributed by atoms with van der Waals surface area (Å²) in [5, 5.41) is 3.49. The van der Waals surface area contributed by atoms with Gasteiger partial charge in [-0.1, -0.05) is 6.42 Å². The lowest BCUT2D eigenvalue weighted by atomic mass is 9.79. The molecule has 2 atom stereocenters. The molecule has 1 saturated carbocycles. The van der Waals surface area contributed by atoms with Crippen molar-refractivity contribution in [3.63, 3.8) is 0 Å². The Morgan fingerprint density at radius 3 is 2.44 bits per heavy atom. The minimum absolute atomic E-state index is 0.429. The van der Waals surface area contributed by atoms with E-state index in [1.165, 1.54) is 64.8 Å². The number of nitrogens with zero attached hydrogens (tertiary/aromatic N) is 1. The fourth-order valence-electron chi connectivity index (χ4n) is 4.55. The van der Waals surface area contributed by atoms with E-state index in [9.17, 15) is 0 Å². The molecule has 2 saturated heterocycles. The number of likely N-dealkylation sites (tertiary alicyclic amines) is 1. The molecule has 3 nitrogen and oxygen atoms in total. The minimum atomic E-state index is 0.429. The van der Waals surface area contributed by atoms with E-state index in [0.29, 0.717) is 5.41 Å². The van der Waals surface area contributed by atoms with Gasteiger partial charge in [0, 0.05) is 32.2 Å². The van der Waals surface area contributed by atoms with Crippen LogP contribution in [0.15, 0.2) is 0 Å². The van der Waals surface area contributed by atoms with E-state index in [1.807, 2.05) is 7.11 Å². The molecule has 0 aromatic carbocycles. The lowest BCUT2D eigenvalue weighted by Crippen LogP contribution is -2.47. The Balaban J connectivity index is 1.59. The Hall–Kier alpha value is -0.120. The van der Waals surface area contributed by atoms with Gasteiger partial charge in [-0.2, -0.15) is 0 Å². The number of piperidine rings is 1. The molecular formula is C15H28N2O. The van der Waals surface area contributed by atoms with Gasteiger partial charge in [-0.25, -0.2) is 0 Å². The van der Waals surface area contributed by atoms with E-state index >= 15 is 0 Å². The first-order valence-corrected chi connectivity index (χ1v) is 7.73. The molecule has 104 valence electrons. The SMILES string of the molecule is COCC1(CN2CC3CCCC3C2)CCNCC1. The molecule has 0 radical (unpaired) electrons. The molecule has 0 amide bonds. The topological polar surface area (TPSA) is 24.5 Å². The van der Waals surface area contributed by atoms with Gasteiger partial charge in [0.1, 0.15) is 0 Å². The van der Waals surface area contributed by atoms with Crippen LogP contribution in [0.5, 0.6) is 0 Å². The van der Waals surface area contributed by atoms with E-state index in [2.05, 4.69) is 10.2 Å². The summed E-state index contributed by atoms with van der Waals surface area (Å²) < 4.78 is 5.53. The monoisotopic (exact) mass is 252 g/mol. The highest BCUT2D eigenvalue weighted by Crippen LogP contribution is 2.40. The predicted molar refractivity (Wildman–Crippen MR) is 73.7 cm³/mol. The van der Waals surface area contributed by atoms with Gasteiger partial charge in [0.15, 0.2) is 0 Å².